The topological polar surface area (TPSA) is 67.2 Å². The molecule has 0 fully saturated rings. The van der Waals surface area contributed by atoms with Gasteiger partial charge in [0, 0.05) is 16.1 Å². The van der Waals surface area contributed by atoms with E-state index in [4.69, 9.17) is 23.2 Å². The van der Waals surface area contributed by atoms with Crippen LogP contribution in [0, 0.1) is 5.82 Å². The van der Waals surface area contributed by atoms with E-state index >= 15 is 4.39 Å². The first-order chi connectivity index (χ1) is 14.5. The summed E-state index contributed by atoms with van der Waals surface area (Å²) in [6, 6.07) is 20.3. The summed E-state index contributed by atoms with van der Waals surface area (Å²) < 4.78 is 16.6. The maximum Gasteiger partial charge on any atom is 0.295 e. The molecule has 4 aromatic rings. The minimum Gasteiger partial charge on any atom is -0.288 e. The van der Waals surface area contributed by atoms with Gasteiger partial charge in [-0.3, -0.25) is 14.6 Å². The van der Waals surface area contributed by atoms with Crippen LogP contribution in [-0.4, -0.2) is 20.7 Å². The van der Waals surface area contributed by atoms with Crippen LogP contribution in [0.4, 0.5) is 4.39 Å². The second-order valence-electron chi connectivity index (χ2n) is 6.36. The molecule has 0 unspecified atom stereocenters. The first kappa shape index (κ1) is 20.1. The van der Waals surface area contributed by atoms with Crippen molar-refractivity contribution in [2.45, 2.75) is 0 Å². The van der Waals surface area contributed by atoms with E-state index in [0.29, 0.717) is 22.0 Å². The second kappa shape index (κ2) is 8.28. The number of nitrogens with one attached hydrogen (secondary N) is 1. The number of hydroxylamine groups is 1. The molecule has 2 N–H and O–H groups in total. The number of imidazole rings is 1. The van der Waals surface area contributed by atoms with Crippen molar-refractivity contribution in [3.05, 3.63) is 94.4 Å². The maximum absolute atomic E-state index is 15.1. The Kier molecular flexibility index (Phi) is 5.55. The number of nitrogens with zero attached hydrogens (tertiary/aromatic N) is 2. The van der Waals surface area contributed by atoms with Crippen LogP contribution in [0.2, 0.25) is 10.0 Å². The molecule has 0 aliphatic rings. The summed E-state index contributed by atoms with van der Waals surface area (Å²) in [5.74, 6) is -1.22. The number of halogens is 3. The normalized spacial score (nSPS) is 10.8. The Balaban J connectivity index is 2.15. The van der Waals surface area contributed by atoms with E-state index in [1.165, 1.54) is 16.7 Å². The third kappa shape index (κ3) is 3.57. The molecule has 1 heterocycles. The number of hydrogen-bond acceptors (Lipinski definition) is 3. The van der Waals surface area contributed by atoms with Gasteiger partial charge in [-0.05, 0) is 24.3 Å². The third-order valence-corrected chi connectivity index (χ3v) is 5.02. The Morgan fingerprint density at radius 2 is 1.67 bits per heavy atom. The predicted molar refractivity (Wildman–Crippen MR) is 114 cm³/mol. The SMILES string of the molecule is O=C(NO)c1nc(-c2ccccc2)n(-c2cccc(Cl)c2F)c1-c1cccc(Cl)c1. The molecule has 150 valence electrons. The number of carbonyl (C=O) groups is 1. The van der Waals surface area contributed by atoms with Crippen molar-refractivity contribution in [1.29, 1.82) is 0 Å². The maximum atomic E-state index is 15.1. The lowest BCUT2D eigenvalue weighted by Crippen LogP contribution is -2.20. The number of hydrogen-bond donors (Lipinski definition) is 2. The fraction of sp³-hybridized carbons (Fsp3) is 0. The molecule has 0 saturated heterocycles. The molecule has 3 aromatic carbocycles. The highest BCUT2D eigenvalue weighted by Gasteiger charge is 2.27. The van der Waals surface area contributed by atoms with E-state index < -0.39 is 11.7 Å². The standard InChI is InChI=1S/C22H14Cl2FN3O2/c23-15-9-4-8-14(12-15)20-19(22(29)27-30)26-21(13-6-2-1-3-7-13)28(20)17-11-5-10-16(24)18(17)25/h1-12,30H,(H,27,29). The smallest absolute Gasteiger partial charge is 0.288 e. The van der Waals surface area contributed by atoms with Gasteiger partial charge in [-0.25, -0.2) is 14.9 Å². The van der Waals surface area contributed by atoms with E-state index in [-0.39, 0.29) is 22.1 Å². The van der Waals surface area contributed by atoms with Crippen molar-refractivity contribution in [2.75, 3.05) is 0 Å². The van der Waals surface area contributed by atoms with Crippen LogP contribution >= 0.6 is 23.2 Å². The third-order valence-electron chi connectivity index (χ3n) is 4.50. The van der Waals surface area contributed by atoms with Gasteiger partial charge in [0.1, 0.15) is 5.82 Å². The van der Waals surface area contributed by atoms with Crippen molar-refractivity contribution >= 4 is 29.1 Å². The van der Waals surface area contributed by atoms with Crippen molar-refractivity contribution in [3.63, 3.8) is 0 Å². The quantitative estimate of drug-likeness (QED) is 0.312. The fourth-order valence-electron chi connectivity index (χ4n) is 3.21. The highest BCUT2D eigenvalue weighted by atomic mass is 35.5. The Morgan fingerprint density at radius 3 is 2.37 bits per heavy atom. The average Bonchev–Trinajstić information content (AvgIpc) is 3.16. The van der Waals surface area contributed by atoms with Gasteiger partial charge in [-0.15, -0.1) is 0 Å². The number of rotatable bonds is 4. The Bertz CT molecular complexity index is 1240. The van der Waals surface area contributed by atoms with E-state index in [1.807, 2.05) is 6.07 Å². The molecule has 0 aliphatic carbocycles. The molecule has 0 radical (unpaired) electrons. The molecule has 0 spiro atoms. The zero-order valence-corrected chi connectivity index (χ0v) is 16.8. The van der Waals surface area contributed by atoms with Gasteiger partial charge in [0.25, 0.3) is 5.91 Å². The van der Waals surface area contributed by atoms with E-state index in [0.717, 1.165) is 0 Å². The van der Waals surface area contributed by atoms with Crippen LogP contribution in [-0.2, 0) is 0 Å². The summed E-state index contributed by atoms with van der Waals surface area (Å²) >= 11 is 12.2. The summed E-state index contributed by atoms with van der Waals surface area (Å²) in [6.07, 6.45) is 0. The van der Waals surface area contributed by atoms with Crippen molar-refractivity contribution in [2.24, 2.45) is 0 Å². The van der Waals surface area contributed by atoms with Crippen molar-refractivity contribution in [1.82, 2.24) is 15.0 Å². The largest absolute Gasteiger partial charge is 0.295 e. The minimum atomic E-state index is -0.844. The second-order valence-corrected chi connectivity index (χ2v) is 7.20. The van der Waals surface area contributed by atoms with Gasteiger partial charge in [0.15, 0.2) is 11.5 Å². The molecule has 1 amide bonds. The molecule has 4 rings (SSSR count). The average molecular weight is 442 g/mol. The number of benzene rings is 3. The van der Waals surface area contributed by atoms with Gasteiger partial charge in [0.2, 0.25) is 0 Å². The number of aromatic nitrogens is 2. The Hall–Kier alpha value is -3.19. The molecule has 0 saturated carbocycles. The molecule has 0 bridgehead atoms. The van der Waals surface area contributed by atoms with Crippen LogP contribution < -0.4 is 5.48 Å². The van der Waals surface area contributed by atoms with E-state index in [1.54, 1.807) is 60.1 Å². The molecule has 0 atom stereocenters. The summed E-state index contributed by atoms with van der Waals surface area (Å²) in [5.41, 5.74) is 3.01. The van der Waals surface area contributed by atoms with Gasteiger partial charge >= 0.3 is 0 Å². The summed E-state index contributed by atoms with van der Waals surface area (Å²) in [6.45, 7) is 0. The van der Waals surface area contributed by atoms with Gasteiger partial charge in [-0.1, -0.05) is 71.7 Å². The van der Waals surface area contributed by atoms with Crippen LogP contribution in [0.5, 0.6) is 0 Å². The Labute approximate surface area is 181 Å². The van der Waals surface area contributed by atoms with Gasteiger partial charge in [-0.2, -0.15) is 0 Å². The van der Waals surface area contributed by atoms with E-state index in [9.17, 15) is 10.0 Å². The summed E-state index contributed by atoms with van der Waals surface area (Å²) in [5, 5.41) is 9.63. The van der Waals surface area contributed by atoms with Crippen LogP contribution in [0.1, 0.15) is 10.5 Å². The summed E-state index contributed by atoms with van der Waals surface area (Å²) in [7, 11) is 0. The van der Waals surface area contributed by atoms with Crippen LogP contribution in [0.15, 0.2) is 72.8 Å². The van der Waals surface area contributed by atoms with Gasteiger partial charge in [0.05, 0.1) is 16.4 Å². The van der Waals surface area contributed by atoms with Crippen LogP contribution in [0.3, 0.4) is 0 Å². The summed E-state index contributed by atoms with van der Waals surface area (Å²) in [4.78, 5) is 16.9. The fourth-order valence-corrected chi connectivity index (χ4v) is 3.57. The number of carbonyl (C=O) groups excluding carboxylic acids is 1. The zero-order valence-electron chi connectivity index (χ0n) is 15.3. The molecular formula is C22H14Cl2FN3O2. The highest BCUT2D eigenvalue weighted by molar-refractivity contribution is 6.31. The lowest BCUT2D eigenvalue weighted by molar-refractivity contribution is 0.0702. The minimum absolute atomic E-state index is 0.0783. The molecule has 8 heteroatoms. The first-order valence-corrected chi connectivity index (χ1v) is 9.59. The zero-order chi connectivity index (χ0) is 21.3. The molecular weight excluding hydrogens is 428 g/mol. The lowest BCUT2D eigenvalue weighted by Gasteiger charge is -2.15. The monoisotopic (exact) mass is 441 g/mol. The molecule has 5 nitrogen and oxygen atoms in total. The lowest BCUT2D eigenvalue weighted by atomic mass is 10.1. The van der Waals surface area contributed by atoms with Gasteiger partial charge < -0.3 is 0 Å². The molecule has 1 aromatic heterocycles. The van der Waals surface area contributed by atoms with E-state index in [2.05, 4.69) is 4.98 Å². The van der Waals surface area contributed by atoms with Crippen molar-refractivity contribution < 1.29 is 14.4 Å². The Morgan fingerprint density at radius 1 is 0.967 bits per heavy atom. The van der Waals surface area contributed by atoms with Crippen molar-refractivity contribution in [3.8, 4) is 28.3 Å². The first-order valence-electron chi connectivity index (χ1n) is 8.84. The van der Waals surface area contributed by atoms with Crippen LogP contribution in [0.25, 0.3) is 28.3 Å². The molecule has 0 aliphatic heterocycles. The number of amides is 1. The predicted octanol–water partition coefficient (Wildman–Crippen LogP) is 5.77. The molecule has 30 heavy (non-hydrogen) atoms. The highest BCUT2D eigenvalue weighted by Crippen LogP contribution is 2.36.